The van der Waals surface area contributed by atoms with Crippen LogP contribution in [0.2, 0.25) is 0 Å². The molecule has 0 aliphatic carbocycles. The van der Waals surface area contributed by atoms with E-state index in [2.05, 4.69) is 11.3 Å². The second-order valence-electron chi connectivity index (χ2n) is 4.44. The van der Waals surface area contributed by atoms with Crippen LogP contribution in [0, 0.1) is 6.92 Å². The molecule has 0 fully saturated rings. The van der Waals surface area contributed by atoms with Gasteiger partial charge in [-0.1, -0.05) is 37.1 Å². The molecule has 0 aliphatic heterocycles. The smallest absolute Gasteiger partial charge is 0.208 e. The first-order chi connectivity index (χ1) is 8.49. The predicted molar refractivity (Wildman–Crippen MR) is 75.0 cm³/mol. The lowest BCUT2D eigenvalue weighted by atomic mass is 10.1. The Labute approximate surface area is 110 Å². The fourth-order valence-electron chi connectivity index (χ4n) is 1.78. The molecule has 1 rings (SSSR count). The van der Waals surface area contributed by atoms with Crippen molar-refractivity contribution in [2.75, 3.05) is 0 Å². The van der Waals surface area contributed by atoms with Crippen LogP contribution >= 0.6 is 0 Å². The number of benzene rings is 1. The van der Waals surface area contributed by atoms with E-state index < -0.39 is 10.0 Å². The molecule has 1 unspecified atom stereocenters. The molecular formula is C14H21NO2S. The van der Waals surface area contributed by atoms with Crippen LogP contribution in [0.1, 0.15) is 31.7 Å². The van der Waals surface area contributed by atoms with Crippen LogP contribution in [-0.2, 0) is 10.0 Å². The number of hydrogen-bond acceptors (Lipinski definition) is 2. The number of aryl methyl sites for hydroxylation is 1. The van der Waals surface area contributed by atoms with Gasteiger partial charge in [-0.25, -0.2) is 13.1 Å². The molecule has 0 aliphatic rings. The van der Waals surface area contributed by atoms with Crippen molar-refractivity contribution in [2.45, 2.75) is 44.0 Å². The third kappa shape index (κ3) is 4.27. The van der Waals surface area contributed by atoms with Crippen LogP contribution in [0.4, 0.5) is 0 Å². The van der Waals surface area contributed by atoms with Gasteiger partial charge in [-0.3, -0.25) is 0 Å². The minimum absolute atomic E-state index is 0.0706. The monoisotopic (exact) mass is 267 g/mol. The Kier molecular flexibility index (Phi) is 5.56. The molecule has 0 amide bonds. The summed E-state index contributed by atoms with van der Waals surface area (Å²) in [6, 6.07) is 6.80. The molecular weight excluding hydrogens is 246 g/mol. The van der Waals surface area contributed by atoms with Crippen molar-refractivity contribution in [2.24, 2.45) is 0 Å². The Morgan fingerprint density at radius 3 is 2.44 bits per heavy atom. The Balaban J connectivity index is 2.85. The van der Waals surface area contributed by atoms with Crippen LogP contribution in [0.3, 0.4) is 0 Å². The molecule has 1 aromatic rings. The van der Waals surface area contributed by atoms with Crippen LogP contribution in [0.15, 0.2) is 41.8 Å². The average molecular weight is 267 g/mol. The Bertz CT molecular complexity index is 477. The quantitative estimate of drug-likeness (QED) is 0.772. The van der Waals surface area contributed by atoms with Crippen molar-refractivity contribution in [1.82, 2.24) is 4.72 Å². The maximum Gasteiger partial charge on any atom is 0.240 e. The number of hydrogen-bond donors (Lipinski definition) is 1. The van der Waals surface area contributed by atoms with E-state index >= 15 is 0 Å². The molecule has 18 heavy (non-hydrogen) atoms. The fourth-order valence-corrected chi connectivity index (χ4v) is 3.06. The summed E-state index contributed by atoms with van der Waals surface area (Å²) in [6.45, 7) is 7.63. The van der Waals surface area contributed by atoms with E-state index in [9.17, 15) is 8.42 Å². The molecule has 1 aromatic carbocycles. The first kappa shape index (κ1) is 14.9. The van der Waals surface area contributed by atoms with Crippen LogP contribution in [0.25, 0.3) is 0 Å². The van der Waals surface area contributed by atoms with Crippen molar-refractivity contribution in [3.63, 3.8) is 0 Å². The lowest BCUT2D eigenvalue weighted by Crippen LogP contribution is -2.34. The summed E-state index contributed by atoms with van der Waals surface area (Å²) >= 11 is 0. The van der Waals surface area contributed by atoms with Crippen molar-refractivity contribution < 1.29 is 8.42 Å². The van der Waals surface area contributed by atoms with Crippen molar-refractivity contribution in [1.29, 1.82) is 0 Å². The zero-order valence-corrected chi connectivity index (χ0v) is 11.8. The number of sulfonamides is 1. The molecule has 100 valence electrons. The zero-order chi connectivity index (χ0) is 13.6. The Morgan fingerprint density at radius 1 is 1.33 bits per heavy atom. The molecule has 0 radical (unpaired) electrons. The van der Waals surface area contributed by atoms with Gasteiger partial charge in [-0.15, -0.1) is 6.58 Å². The molecule has 0 spiro atoms. The Morgan fingerprint density at radius 2 is 1.94 bits per heavy atom. The van der Waals surface area contributed by atoms with Crippen LogP contribution < -0.4 is 4.72 Å². The lowest BCUT2D eigenvalue weighted by molar-refractivity contribution is 0.525. The van der Waals surface area contributed by atoms with E-state index in [0.717, 1.165) is 18.4 Å². The summed E-state index contributed by atoms with van der Waals surface area (Å²) in [5, 5.41) is 0. The van der Waals surface area contributed by atoms with E-state index in [0.29, 0.717) is 11.3 Å². The first-order valence-electron chi connectivity index (χ1n) is 6.19. The largest absolute Gasteiger partial charge is 0.240 e. The van der Waals surface area contributed by atoms with Gasteiger partial charge in [0.25, 0.3) is 0 Å². The third-order valence-corrected chi connectivity index (χ3v) is 4.28. The lowest BCUT2D eigenvalue weighted by Gasteiger charge is -2.16. The van der Waals surface area contributed by atoms with Gasteiger partial charge in [-0.05, 0) is 31.9 Å². The average Bonchev–Trinajstić information content (AvgIpc) is 2.29. The zero-order valence-electron chi connectivity index (χ0n) is 11.0. The SMILES string of the molecule is C=CCC(CCC)NS(=O)(=O)c1ccc(C)cc1. The van der Waals surface area contributed by atoms with Crippen molar-refractivity contribution >= 4 is 10.0 Å². The van der Waals surface area contributed by atoms with Gasteiger partial charge in [0.05, 0.1) is 4.90 Å². The highest BCUT2D eigenvalue weighted by Gasteiger charge is 2.18. The van der Waals surface area contributed by atoms with Gasteiger partial charge >= 0.3 is 0 Å². The summed E-state index contributed by atoms with van der Waals surface area (Å²) in [5.41, 5.74) is 1.05. The van der Waals surface area contributed by atoms with E-state index in [1.165, 1.54) is 0 Å². The first-order valence-corrected chi connectivity index (χ1v) is 7.67. The van der Waals surface area contributed by atoms with E-state index in [1.807, 2.05) is 13.8 Å². The van der Waals surface area contributed by atoms with Crippen molar-refractivity contribution in [3.05, 3.63) is 42.5 Å². The second kappa shape index (κ2) is 6.71. The summed E-state index contributed by atoms with van der Waals surface area (Å²) in [7, 11) is -3.42. The summed E-state index contributed by atoms with van der Waals surface area (Å²) in [5.74, 6) is 0. The fraction of sp³-hybridized carbons (Fsp3) is 0.429. The van der Waals surface area contributed by atoms with Gasteiger partial charge < -0.3 is 0 Å². The molecule has 0 bridgehead atoms. The standard InChI is InChI=1S/C14H21NO2S/c1-4-6-13(7-5-2)15-18(16,17)14-10-8-12(3)9-11-14/h4,8-11,13,15H,1,5-7H2,2-3H3. The molecule has 0 aromatic heterocycles. The van der Waals surface area contributed by atoms with Gasteiger partial charge in [-0.2, -0.15) is 0 Å². The normalized spacial score (nSPS) is 13.2. The van der Waals surface area contributed by atoms with E-state index in [-0.39, 0.29) is 6.04 Å². The minimum Gasteiger partial charge on any atom is -0.208 e. The van der Waals surface area contributed by atoms with E-state index in [4.69, 9.17) is 0 Å². The van der Waals surface area contributed by atoms with Gasteiger partial charge in [0, 0.05) is 6.04 Å². The maximum absolute atomic E-state index is 12.2. The molecule has 1 N–H and O–H groups in total. The van der Waals surface area contributed by atoms with Crippen molar-refractivity contribution in [3.8, 4) is 0 Å². The van der Waals surface area contributed by atoms with Gasteiger partial charge in [0.2, 0.25) is 10.0 Å². The van der Waals surface area contributed by atoms with Gasteiger partial charge in [0.15, 0.2) is 0 Å². The summed E-state index contributed by atoms with van der Waals surface area (Å²) < 4.78 is 27.0. The second-order valence-corrected chi connectivity index (χ2v) is 6.16. The topological polar surface area (TPSA) is 46.2 Å². The molecule has 0 heterocycles. The molecule has 3 nitrogen and oxygen atoms in total. The summed E-state index contributed by atoms with van der Waals surface area (Å²) in [4.78, 5) is 0.318. The highest BCUT2D eigenvalue weighted by molar-refractivity contribution is 7.89. The highest BCUT2D eigenvalue weighted by Crippen LogP contribution is 2.13. The minimum atomic E-state index is -3.42. The molecule has 1 atom stereocenters. The Hall–Kier alpha value is -1.13. The molecule has 0 saturated carbocycles. The third-order valence-electron chi connectivity index (χ3n) is 2.74. The van der Waals surface area contributed by atoms with Crippen LogP contribution in [-0.4, -0.2) is 14.5 Å². The number of nitrogens with one attached hydrogen (secondary N) is 1. The van der Waals surface area contributed by atoms with Crippen LogP contribution in [0.5, 0.6) is 0 Å². The number of rotatable bonds is 7. The predicted octanol–water partition coefficient (Wildman–Crippen LogP) is 3.02. The van der Waals surface area contributed by atoms with Gasteiger partial charge in [0.1, 0.15) is 0 Å². The van der Waals surface area contributed by atoms with E-state index in [1.54, 1.807) is 30.3 Å². The summed E-state index contributed by atoms with van der Waals surface area (Å²) in [6.07, 6.45) is 4.16. The highest BCUT2D eigenvalue weighted by atomic mass is 32.2. The molecule has 4 heteroatoms. The maximum atomic E-state index is 12.2. The molecule has 0 saturated heterocycles.